The molecule has 16 bridgehead atoms. The maximum atomic E-state index is 11.4. The molecule has 0 aromatic rings. The summed E-state index contributed by atoms with van der Waals surface area (Å²) in [6.45, 7) is -8.64. The maximum Gasteiger partial charge on any atom is 0.187 e. The quantitative estimate of drug-likeness (QED) is 0.107. The third-order valence-corrected chi connectivity index (χ3v) is 16.9. The van der Waals surface area contributed by atoms with Crippen LogP contribution in [0.25, 0.3) is 0 Å². The molecule has 0 aliphatic carbocycles. The number of hydrogen-bond donors (Lipinski definition) is 24. The summed E-state index contributed by atoms with van der Waals surface area (Å²) >= 11 is 0. The van der Waals surface area contributed by atoms with Crippen LogP contribution in [0.4, 0.5) is 0 Å². The summed E-state index contributed by atoms with van der Waals surface area (Å²) in [5.74, 6) is 0. The molecule has 40 atom stereocenters. The summed E-state index contributed by atoms with van der Waals surface area (Å²) in [5, 5.41) is 265. The zero-order valence-electron chi connectivity index (χ0n) is 46.0. The number of aliphatic hydroxyl groups excluding tert-OH is 24. The van der Waals surface area contributed by atoms with Crippen LogP contribution < -0.4 is 0 Å². The van der Waals surface area contributed by atoms with Gasteiger partial charge in [-0.15, -0.1) is 0 Å². The van der Waals surface area contributed by atoms with Crippen molar-refractivity contribution in [2.24, 2.45) is 0 Å². The van der Waals surface area contributed by atoms with Crippen molar-refractivity contribution in [3.8, 4) is 0 Å². The number of ether oxygens (including phenoxy) is 16. The minimum absolute atomic E-state index is 1.08. The molecule has 30 aliphatic rings. The van der Waals surface area contributed by atoms with Gasteiger partial charge in [0.1, 0.15) is 195 Å². The van der Waals surface area contributed by atoms with Crippen LogP contribution in [0, 0.1) is 0 Å². The topological polar surface area (TPSA) is 633 Å². The number of rotatable bonds is 8. The molecule has 11 unspecified atom stereocenters. The highest BCUT2D eigenvalue weighted by atomic mass is 16.8. The molecule has 0 radical (unpaired) electrons. The summed E-state index contributed by atoms with van der Waals surface area (Å²) in [6, 6.07) is 0. The van der Waals surface area contributed by atoms with Gasteiger partial charge in [-0.3, -0.25) is 0 Å². The Morgan fingerprint density at radius 3 is 0.307 bits per heavy atom. The standard InChI is InChI=1S/C48H80O40/c49-1-9-33-17(57)25(65)41(73-9)82-34-10(2-50)75-43(27(67)19(34)59)84-36-12(4-52)77-45(29(69)21(36)61)86-38-14(6-54)79-47(31(71)23(38)63)88-40-16(8-56)80-48(32(72)24(40)64)87-39-15(7-55)78-46(30(70)22(39)62)85-37-13(5-53)76-44(28(68)20(37)60)83-35-11(3-51)74-42(81-33)26(66)18(35)58/h9-72H,1-8H2/t9-,10-,11-,12-,13-,14-,15-,16-,17-,18-,19-,20-,21-,22-,23-,24-,25-,26+,27+,28-,29-,30+,31+,32-,33+,34-,35?,36+,37+,38?,39?,40+,41?,42?,43?,44?,45?,46?,47?,48?/m1/s1. The molecule has 0 amide bonds. The van der Waals surface area contributed by atoms with Crippen LogP contribution in [-0.2, 0) is 75.8 Å². The summed E-state index contributed by atoms with van der Waals surface area (Å²) in [6.07, 6.45) is -82.0. The van der Waals surface area contributed by atoms with Gasteiger partial charge in [0.2, 0.25) is 0 Å². The SMILES string of the molecule is OC[C@H]1OC2O[C@@H]3[C@H](O)[C@@H](O)C(OC4[C@@H](CO)OC(O[C@@H]5[C@H](O)[C@@H](O)C(OC6[C@@H](CO)OC(O[C@@H]7[C@H](O)[C@@H](O)C(O[C@H]8[C@H](O)[C@H](O)C(O[C@@H]9[C@H](O)[C@@H](O)C(OC1[C@H](O)[C@@H]2O)O[C@@H]9CO)O[C@@H]8CO)O[C@@H]7CO)[C@@H](O)[C@H]6O)O[C@@H]5CO)[C@@H](O)[C@H]4O)O[C@@H]3CO. The minimum Gasteiger partial charge on any atom is -0.394 e. The van der Waals surface area contributed by atoms with E-state index in [2.05, 4.69) is 0 Å². The van der Waals surface area contributed by atoms with Gasteiger partial charge in [-0.05, 0) is 0 Å². The van der Waals surface area contributed by atoms with Crippen LogP contribution in [0.3, 0.4) is 0 Å². The second-order valence-corrected chi connectivity index (χ2v) is 22.5. The monoisotopic (exact) mass is 1300 g/mol. The minimum atomic E-state index is -2.25. The van der Waals surface area contributed by atoms with Crippen LogP contribution in [0.5, 0.6) is 0 Å². The third kappa shape index (κ3) is 13.8. The predicted octanol–water partition coefficient (Wildman–Crippen LogP) is -17.4. The maximum absolute atomic E-state index is 11.4. The van der Waals surface area contributed by atoms with E-state index in [-0.39, 0.29) is 0 Å². The second kappa shape index (κ2) is 30.0. The Morgan fingerprint density at radius 2 is 0.227 bits per heavy atom. The van der Waals surface area contributed by atoms with Crippen LogP contribution in [-0.4, -0.2) is 421 Å². The molecule has 0 saturated carbocycles. The molecule has 88 heavy (non-hydrogen) atoms. The molecule has 30 saturated heterocycles. The third-order valence-electron chi connectivity index (χ3n) is 16.9. The van der Waals surface area contributed by atoms with Gasteiger partial charge in [-0.25, -0.2) is 0 Å². The van der Waals surface area contributed by atoms with E-state index in [1.54, 1.807) is 0 Å². The van der Waals surface area contributed by atoms with Crippen molar-refractivity contribution in [2.75, 3.05) is 52.9 Å². The molecule has 0 aromatic heterocycles. The molecule has 0 spiro atoms. The van der Waals surface area contributed by atoms with Crippen LogP contribution in [0.2, 0.25) is 0 Å². The Hall–Kier alpha value is -1.60. The smallest absolute Gasteiger partial charge is 0.187 e. The largest absolute Gasteiger partial charge is 0.394 e. The highest BCUT2D eigenvalue weighted by Gasteiger charge is 2.60. The van der Waals surface area contributed by atoms with Crippen molar-refractivity contribution in [1.82, 2.24) is 0 Å². The molecule has 30 fully saturated rings. The normalized spacial score (nSPS) is 55.4. The van der Waals surface area contributed by atoms with Gasteiger partial charge >= 0.3 is 0 Å². The van der Waals surface area contributed by atoms with Gasteiger partial charge < -0.3 is 198 Å². The molecule has 40 heteroatoms. The summed E-state index contributed by atoms with van der Waals surface area (Å²) in [4.78, 5) is 0. The Bertz CT molecular complexity index is 1700. The van der Waals surface area contributed by atoms with Crippen molar-refractivity contribution in [3.63, 3.8) is 0 Å². The van der Waals surface area contributed by atoms with E-state index < -0.39 is 299 Å². The highest BCUT2D eigenvalue weighted by molar-refractivity contribution is 5.02. The van der Waals surface area contributed by atoms with E-state index in [4.69, 9.17) is 75.8 Å². The average Bonchev–Trinajstić information content (AvgIpc) is 1.03. The lowest BCUT2D eigenvalue weighted by atomic mass is 9.94. The molecule has 30 rings (SSSR count). The Labute approximate surface area is 496 Å². The van der Waals surface area contributed by atoms with Gasteiger partial charge in [-0.1, -0.05) is 0 Å². The summed E-state index contributed by atoms with van der Waals surface area (Å²) in [7, 11) is 0. The van der Waals surface area contributed by atoms with E-state index in [0.29, 0.717) is 0 Å². The van der Waals surface area contributed by atoms with Crippen molar-refractivity contribution < 1.29 is 198 Å². The van der Waals surface area contributed by atoms with Crippen molar-refractivity contribution in [2.45, 2.75) is 246 Å². The Kier molecular flexibility index (Phi) is 24.1. The first kappa shape index (κ1) is 70.7. The lowest BCUT2D eigenvalue weighted by molar-refractivity contribution is -0.404. The van der Waals surface area contributed by atoms with Crippen molar-refractivity contribution in [3.05, 3.63) is 0 Å². The van der Waals surface area contributed by atoms with E-state index in [1.807, 2.05) is 0 Å². The number of aliphatic hydroxyl groups is 24. The molecular formula is C48H80O40. The molecule has 30 heterocycles. The van der Waals surface area contributed by atoms with E-state index in [1.165, 1.54) is 0 Å². The van der Waals surface area contributed by atoms with Gasteiger partial charge in [0.15, 0.2) is 50.3 Å². The predicted molar refractivity (Wildman–Crippen MR) is 261 cm³/mol. The van der Waals surface area contributed by atoms with Crippen LogP contribution in [0.15, 0.2) is 0 Å². The Balaban J connectivity index is 0.975. The first-order valence-electron chi connectivity index (χ1n) is 28.1. The van der Waals surface area contributed by atoms with Crippen LogP contribution in [0.1, 0.15) is 0 Å². The van der Waals surface area contributed by atoms with Crippen molar-refractivity contribution >= 4 is 0 Å². The van der Waals surface area contributed by atoms with Gasteiger partial charge in [0.25, 0.3) is 0 Å². The van der Waals surface area contributed by atoms with E-state index in [9.17, 15) is 123 Å². The fourth-order valence-electron chi connectivity index (χ4n) is 11.9. The summed E-state index contributed by atoms with van der Waals surface area (Å²) < 4.78 is 91.1. The lowest BCUT2D eigenvalue weighted by Crippen LogP contribution is -2.69. The first-order chi connectivity index (χ1) is 41.9. The zero-order chi connectivity index (χ0) is 64.1. The molecule has 0 aromatic carbocycles. The molecular weight excluding hydrogens is 1220 g/mol. The zero-order valence-corrected chi connectivity index (χ0v) is 46.0. The van der Waals surface area contributed by atoms with Gasteiger partial charge in [-0.2, -0.15) is 0 Å². The van der Waals surface area contributed by atoms with Gasteiger partial charge in [0, 0.05) is 0 Å². The molecule has 30 aliphatic heterocycles. The molecule has 24 N–H and O–H groups in total. The second-order valence-electron chi connectivity index (χ2n) is 22.5. The Morgan fingerprint density at radius 1 is 0.136 bits per heavy atom. The summed E-state index contributed by atoms with van der Waals surface area (Å²) in [5.41, 5.74) is 0. The van der Waals surface area contributed by atoms with E-state index in [0.717, 1.165) is 0 Å². The highest BCUT2D eigenvalue weighted by Crippen LogP contribution is 2.40. The lowest BCUT2D eigenvalue weighted by Gasteiger charge is -2.50. The molecule has 512 valence electrons. The van der Waals surface area contributed by atoms with Gasteiger partial charge in [0.05, 0.1) is 52.9 Å². The molecule has 40 nitrogen and oxygen atoms in total. The number of hydrogen-bond acceptors (Lipinski definition) is 40. The average molecular weight is 1300 g/mol. The first-order valence-corrected chi connectivity index (χ1v) is 28.1. The van der Waals surface area contributed by atoms with E-state index >= 15 is 0 Å². The van der Waals surface area contributed by atoms with Crippen molar-refractivity contribution in [1.29, 1.82) is 0 Å². The fourth-order valence-corrected chi connectivity index (χ4v) is 11.9. The van der Waals surface area contributed by atoms with Crippen LogP contribution >= 0.6 is 0 Å². The fraction of sp³-hybridized carbons (Fsp3) is 1.00.